The van der Waals surface area contributed by atoms with Crippen molar-refractivity contribution >= 4 is 50.4 Å². The molecule has 0 unspecified atom stereocenters. The molecule has 1 radical (unpaired) electrons. The molecule has 0 aliphatic rings. The summed E-state index contributed by atoms with van der Waals surface area (Å²) >= 11 is -1.76. The van der Waals surface area contributed by atoms with Gasteiger partial charge < -0.3 is 9.40 Å². The molecule has 0 spiro atoms. The van der Waals surface area contributed by atoms with E-state index in [-0.39, 0.29) is 20.1 Å². The maximum absolute atomic E-state index is 9.01. The van der Waals surface area contributed by atoms with Crippen molar-refractivity contribution < 1.29 is 29.3 Å². The van der Waals surface area contributed by atoms with Crippen molar-refractivity contribution in [3.8, 4) is 45.5 Å². The second kappa shape index (κ2) is 14.8. The van der Waals surface area contributed by atoms with E-state index in [1.54, 1.807) is 7.11 Å². The van der Waals surface area contributed by atoms with Crippen molar-refractivity contribution in [2.24, 2.45) is 0 Å². The summed E-state index contributed by atoms with van der Waals surface area (Å²) < 4.78 is 12.8. The van der Waals surface area contributed by atoms with Crippen LogP contribution in [-0.4, -0.2) is 30.3 Å². The summed E-state index contributed by atoms with van der Waals surface area (Å²) in [5.41, 5.74) is 8.14. The predicted molar refractivity (Wildman–Crippen MR) is 201 cm³/mol. The van der Waals surface area contributed by atoms with Crippen LogP contribution in [0.5, 0.6) is 5.75 Å². The summed E-state index contributed by atoms with van der Waals surface area (Å²) in [6, 6.07) is 46.8. The Morgan fingerprint density at radius 3 is 2.16 bits per heavy atom. The van der Waals surface area contributed by atoms with Crippen LogP contribution in [0, 0.1) is 23.5 Å². The van der Waals surface area contributed by atoms with Gasteiger partial charge in [-0.3, -0.25) is 0 Å². The standard InChI is InChI=1S/C28H15N2O.C15H18GeNO.Ir/c29-16-18-5-7-19(8-6-18)21-9-11-24-25-13-22(10-12-27(25)31-28(24)15-21)26-14-20-3-1-2-4-23(20)17-30-26;1-16(2,3)13-8-9-15(17-11-13)12-6-5-7-14(10-12)18-4;/h1-9,11-15,17H;5,7-11H,1-4H3;/q2*-1;. The van der Waals surface area contributed by atoms with Gasteiger partial charge in [-0.25, -0.2) is 0 Å². The second-order valence-corrected chi connectivity index (χ2v) is 23.5. The molecule has 0 amide bonds. The molecule has 8 aromatic rings. The molecular formula is C43H33GeIrN3O2-2. The van der Waals surface area contributed by atoms with Crippen LogP contribution < -0.4 is 9.13 Å². The fraction of sp³-hybridized carbons (Fsp3) is 0.0930. The Hall–Kier alpha value is -5.06. The first kappa shape index (κ1) is 34.8. The Morgan fingerprint density at radius 1 is 0.700 bits per heavy atom. The molecule has 0 fully saturated rings. The third kappa shape index (κ3) is 7.41. The Morgan fingerprint density at radius 2 is 1.44 bits per heavy atom. The quantitative estimate of drug-likeness (QED) is 0.127. The largest absolute Gasteiger partial charge is 0.500 e. The minimum atomic E-state index is -1.76. The smallest absolute Gasteiger partial charge is 0.121 e. The summed E-state index contributed by atoms with van der Waals surface area (Å²) in [5.74, 6) is 7.94. The monoisotopic (exact) mass is 890 g/mol. The Bertz CT molecular complexity index is 2480. The summed E-state index contributed by atoms with van der Waals surface area (Å²) in [7, 11) is 1.67. The van der Waals surface area contributed by atoms with Crippen molar-refractivity contribution in [2.75, 3.05) is 7.11 Å². The number of hydrogen-bond donors (Lipinski definition) is 0. The van der Waals surface area contributed by atoms with Gasteiger partial charge in [-0.1, -0.05) is 60.0 Å². The topological polar surface area (TPSA) is 71.9 Å². The van der Waals surface area contributed by atoms with Gasteiger partial charge in [0.25, 0.3) is 0 Å². The van der Waals surface area contributed by atoms with Crippen LogP contribution in [0.2, 0.25) is 17.3 Å². The number of furan rings is 1. The van der Waals surface area contributed by atoms with E-state index >= 15 is 0 Å². The van der Waals surface area contributed by atoms with E-state index in [1.165, 1.54) is 4.40 Å². The number of benzene rings is 5. The van der Waals surface area contributed by atoms with Crippen molar-refractivity contribution in [1.82, 2.24) is 9.97 Å². The van der Waals surface area contributed by atoms with Crippen molar-refractivity contribution in [2.45, 2.75) is 17.3 Å². The number of aromatic nitrogens is 2. The number of methoxy groups -OCH3 is 1. The SMILES string of the molecule is COc1cc[c-]c(-c2cc[c]([Ge]([CH3])([CH3])[CH3])cn2)c1.N#Cc1ccc(-c2ccc3c(c2)oc2c[c-]c(-c4cc5ccccc5cn4)cc23)cc1.[Ir]. The summed E-state index contributed by atoms with van der Waals surface area (Å²) in [4.78, 5) is 9.18. The Kier molecular flexibility index (Phi) is 10.3. The molecule has 7 heteroatoms. The molecule has 0 saturated heterocycles. The number of hydrogen-bond acceptors (Lipinski definition) is 5. The van der Waals surface area contributed by atoms with Gasteiger partial charge in [0, 0.05) is 31.7 Å². The van der Waals surface area contributed by atoms with Crippen LogP contribution in [-0.2, 0) is 20.1 Å². The first-order chi connectivity index (χ1) is 23.8. The van der Waals surface area contributed by atoms with E-state index in [0.717, 1.165) is 72.1 Å². The molecule has 0 aliphatic carbocycles. The molecule has 5 aromatic carbocycles. The van der Waals surface area contributed by atoms with Crippen molar-refractivity contribution in [1.29, 1.82) is 5.26 Å². The molecule has 8 rings (SSSR count). The van der Waals surface area contributed by atoms with Gasteiger partial charge in [0.05, 0.1) is 17.2 Å². The van der Waals surface area contributed by atoms with Crippen LogP contribution in [0.3, 0.4) is 0 Å². The van der Waals surface area contributed by atoms with Gasteiger partial charge in [-0.05, 0) is 45.8 Å². The minimum Gasteiger partial charge on any atom is -0.500 e. The van der Waals surface area contributed by atoms with Crippen LogP contribution in [0.1, 0.15) is 5.56 Å². The number of nitrogens with zero attached hydrogens (tertiary/aromatic N) is 3. The molecule has 0 N–H and O–H groups in total. The van der Waals surface area contributed by atoms with Crippen LogP contribution in [0.15, 0.2) is 132 Å². The number of rotatable bonds is 5. The van der Waals surface area contributed by atoms with Crippen LogP contribution in [0.4, 0.5) is 0 Å². The maximum atomic E-state index is 9.01. The van der Waals surface area contributed by atoms with Gasteiger partial charge in [0.2, 0.25) is 0 Å². The second-order valence-electron chi connectivity index (χ2n) is 12.9. The first-order valence-corrected chi connectivity index (χ1v) is 23.4. The van der Waals surface area contributed by atoms with Gasteiger partial charge in [-0.15, -0.1) is 23.8 Å². The minimum absolute atomic E-state index is 0. The van der Waals surface area contributed by atoms with E-state index in [4.69, 9.17) is 14.4 Å². The maximum Gasteiger partial charge on any atom is 0.121 e. The number of pyridine rings is 2. The molecule has 0 atom stereocenters. The Labute approximate surface area is 308 Å². The summed E-state index contributed by atoms with van der Waals surface area (Å²) in [6.07, 6.45) is 3.92. The molecule has 5 nitrogen and oxygen atoms in total. The molecule has 0 aliphatic heterocycles. The number of ether oxygens (including phenoxy) is 1. The van der Waals surface area contributed by atoms with Gasteiger partial charge in [-0.2, -0.15) is 5.26 Å². The number of nitriles is 1. The third-order valence-corrected chi connectivity index (χ3v) is 12.8. The zero-order chi connectivity index (χ0) is 34.0. The number of fused-ring (bicyclic) bond motifs is 4. The summed E-state index contributed by atoms with van der Waals surface area (Å²) in [5, 5.41) is 13.4. The molecule has 0 bridgehead atoms. The molecule has 50 heavy (non-hydrogen) atoms. The molecule has 0 saturated carbocycles. The summed E-state index contributed by atoms with van der Waals surface area (Å²) in [6.45, 7) is 0. The zero-order valence-electron chi connectivity index (χ0n) is 28.1. The molecular weight excluding hydrogens is 855 g/mol. The van der Waals surface area contributed by atoms with E-state index in [0.29, 0.717) is 5.56 Å². The normalized spacial score (nSPS) is 11.0. The van der Waals surface area contributed by atoms with Crippen molar-refractivity contribution in [3.63, 3.8) is 0 Å². The van der Waals surface area contributed by atoms with Gasteiger partial charge >= 0.3 is 111 Å². The van der Waals surface area contributed by atoms with E-state index in [1.807, 2.05) is 79.1 Å². The average molecular weight is 889 g/mol. The zero-order valence-corrected chi connectivity index (χ0v) is 32.6. The average Bonchev–Trinajstić information content (AvgIpc) is 3.52. The van der Waals surface area contributed by atoms with Crippen molar-refractivity contribution in [3.05, 3.63) is 145 Å². The van der Waals surface area contributed by atoms with Crippen LogP contribution >= 0.6 is 0 Å². The van der Waals surface area contributed by atoms with E-state index in [2.05, 4.69) is 94.0 Å². The van der Waals surface area contributed by atoms with Gasteiger partial charge in [0.15, 0.2) is 0 Å². The van der Waals surface area contributed by atoms with E-state index in [9.17, 15) is 0 Å². The fourth-order valence-electron chi connectivity index (χ4n) is 5.73. The van der Waals surface area contributed by atoms with Crippen LogP contribution in [0.25, 0.3) is 66.4 Å². The molecule has 247 valence electrons. The molecule has 3 heterocycles. The third-order valence-electron chi connectivity index (χ3n) is 8.57. The first-order valence-electron chi connectivity index (χ1n) is 16.1. The Balaban J connectivity index is 0.000000196. The fourth-order valence-corrected chi connectivity index (χ4v) is 7.91. The van der Waals surface area contributed by atoms with Gasteiger partial charge in [0.1, 0.15) is 5.58 Å². The predicted octanol–water partition coefficient (Wildman–Crippen LogP) is 10.2. The molecule has 3 aromatic heterocycles. The van der Waals surface area contributed by atoms with E-state index < -0.39 is 13.3 Å².